The number of esters is 1. The topological polar surface area (TPSA) is 46.2 Å². The van der Waals surface area contributed by atoms with Crippen LogP contribution in [0.4, 0.5) is 0 Å². The van der Waals surface area contributed by atoms with Gasteiger partial charge >= 0.3 is 5.97 Å². The molecule has 0 atom stereocenters. The molecular weight excluding hydrogens is 156 g/mol. The number of rotatable bonds is 2. The predicted octanol–water partition coefficient (Wildman–Crippen LogP) is 1.68. The quantitative estimate of drug-likeness (QED) is 0.593. The Morgan fingerprint density at radius 3 is 2.42 bits per heavy atom. The molecule has 12 heavy (non-hydrogen) atoms. The summed E-state index contributed by atoms with van der Waals surface area (Å²) >= 11 is 0. The zero-order valence-corrected chi connectivity index (χ0v) is 7.47. The minimum absolute atomic E-state index is 0.308. The second kappa shape index (κ2) is 3.90. The number of hydrogen-bond donors (Lipinski definition) is 0. The first kappa shape index (κ1) is 9.52. The number of carbonyl (C=O) groups is 1. The van der Waals surface area contributed by atoms with E-state index in [1.165, 1.54) is 0 Å². The summed E-state index contributed by atoms with van der Waals surface area (Å²) in [6.45, 7) is 2.03. The van der Waals surface area contributed by atoms with Crippen molar-refractivity contribution in [2.24, 2.45) is 0 Å². The summed E-state index contributed by atoms with van der Waals surface area (Å²) in [6, 6.07) is 0. The smallest absolute Gasteiger partial charge is 0.341 e. The first-order chi connectivity index (χ1) is 5.69. The van der Waals surface area contributed by atoms with Crippen molar-refractivity contribution in [2.45, 2.75) is 44.6 Å². The van der Waals surface area contributed by atoms with E-state index < -0.39 is 11.6 Å². The largest absolute Gasteiger partial charge is 0.464 e. The maximum atomic E-state index is 11.7. The van der Waals surface area contributed by atoms with Crippen LogP contribution in [-0.2, 0) is 14.6 Å². The highest BCUT2D eigenvalue weighted by Gasteiger charge is 2.40. The van der Waals surface area contributed by atoms with E-state index in [0.717, 1.165) is 19.3 Å². The van der Waals surface area contributed by atoms with Crippen molar-refractivity contribution in [3.05, 3.63) is 0 Å². The SMILES string of the molecule is CCOC(=O)C1([O])CCCCC1. The maximum absolute atomic E-state index is 11.7. The summed E-state index contributed by atoms with van der Waals surface area (Å²) in [7, 11) is 0. The van der Waals surface area contributed by atoms with E-state index in [1.54, 1.807) is 6.92 Å². The van der Waals surface area contributed by atoms with E-state index in [9.17, 15) is 9.90 Å². The van der Waals surface area contributed by atoms with E-state index in [4.69, 9.17) is 4.74 Å². The summed E-state index contributed by atoms with van der Waals surface area (Å²) in [4.78, 5) is 11.2. The van der Waals surface area contributed by atoms with Crippen LogP contribution in [-0.4, -0.2) is 18.2 Å². The zero-order valence-electron chi connectivity index (χ0n) is 7.47. The number of ether oxygens (including phenoxy) is 1. The van der Waals surface area contributed by atoms with Crippen LogP contribution in [0, 0.1) is 0 Å². The van der Waals surface area contributed by atoms with Crippen LogP contribution in [0.15, 0.2) is 0 Å². The standard InChI is InChI=1S/C9H15O3/c1-2-12-8(10)9(11)6-4-3-5-7-9/h2-7H2,1H3. The lowest BCUT2D eigenvalue weighted by atomic mass is 9.85. The van der Waals surface area contributed by atoms with Crippen molar-refractivity contribution >= 4 is 5.97 Å². The van der Waals surface area contributed by atoms with E-state index in [0.29, 0.717) is 19.4 Å². The van der Waals surface area contributed by atoms with Crippen molar-refractivity contribution in [1.82, 2.24) is 0 Å². The molecule has 1 radical (unpaired) electrons. The Bertz CT molecular complexity index is 159. The minimum atomic E-state index is -1.42. The van der Waals surface area contributed by atoms with Gasteiger partial charge in [-0.15, -0.1) is 0 Å². The van der Waals surface area contributed by atoms with Gasteiger partial charge in [-0.1, -0.05) is 6.42 Å². The third-order valence-corrected chi connectivity index (χ3v) is 2.31. The molecule has 0 spiro atoms. The Labute approximate surface area is 72.7 Å². The fourth-order valence-electron chi connectivity index (χ4n) is 1.59. The predicted molar refractivity (Wildman–Crippen MR) is 43.1 cm³/mol. The Hall–Kier alpha value is -0.570. The van der Waals surface area contributed by atoms with Crippen molar-refractivity contribution in [1.29, 1.82) is 0 Å². The van der Waals surface area contributed by atoms with Gasteiger partial charge in [-0.2, -0.15) is 0 Å². The summed E-state index contributed by atoms with van der Waals surface area (Å²) in [5.74, 6) is -0.551. The van der Waals surface area contributed by atoms with Gasteiger partial charge in [-0.05, 0) is 32.6 Å². The summed E-state index contributed by atoms with van der Waals surface area (Å²) < 4.78 is 4.73. The summed E-state index contributed by atoms with van der Waals surface area (Å²) in [5.41, 5.74) is -1.42. The molecular formula is C9H15O3. The van der Waals surface area contributed by atoms with Gasteiger partial charge in [0.1, 0.15) is 0 Å². The molecule has 0 heterocycles. The highest BCUT2D eigenvalue weighted by Crippen LogP contribution is 2.29. The molecule has 1 aliphatic carbocycles. The Morgan fingerprint density at radius 1 is 1.33 bits per heavy atom. The molecule has 0 aromatic carbocycles. The first-order valence-corrected chi connectivity index (χ1v) is 4.57. The highest BCUT2D eigenvalue weighted by atomic mass is 16.5. The minimum Gasteiger partial charge on any atom is -0.464 e. The average Bonchev–Trinajstić information content (AvgIpc) is 2.06. The van der Waals surface area contributed by atoms with Crippen molar-refractivity contribution in [2.75, 3.05) is 6.61 Å². The number of hydrogen-bond acceptors (Lipinski definition) is 2. The van der Waals surface area contributed by atoms with E-state index in [1.807, 2.05) is 0 Å². The maximum Gasteiger partial charge on any atom is 0.341 e. The molecule has 3 nitrogen and oxygen atoms in total. The molecule has 1 rings (SSSR count). The molecule has 0 saturated heterocycles. The summed E-state index contributed by atoms with van der Waals surface area (Å²) in [6.07, 6.45) is 3.70. The molecule has 0 aromatic rings. The second-order valence-electron chi connectivity index (χ2n) is 3.28. The van der Waals surface area contributed by atoms with Gasteiger partial charge in [-0.25, -0.2) is 9.90 Å². The summed E-state index contributed by atoms with van der Waals surface area (Å²) in [5, 5.41) is 11.7. The molecule has 1 fully saturated rings. The lowest BCUT2D eigenvalue weighted by Crippen LogP contribution is -2.40. The first-order valence-electron chi connectivity index (χ1n) is 4.57. The van der Waals surface area contributed by atoms with Gasteiger partial charge in [0.05, 0.1) is 6.61 Å². The van der Waals surface area contributed by atoms with Gasteiger partial charge in [0.2, 0.25) is 0 Å². The van der Waals surface area contributed by atoms with Crippen LogP contribution in [0.25, 0.3) is 0 Å². The van der Waals surface area contributed by atoms with Gasteiger partial charge in [0.15, 0.2) is 5.60 Å². The van der Waals surface area contributed by atoms with Crippen LogP contribution in [0.2, 0.25) is 0 Å². The fourth-order valence-corrected chi connectivity index (χ4v) is 1.59. The molecule has 3 heteroatoms. The van der Waals surface area contributed by atoms with Gasteiger partial charge in [-0.3, -0.25) is 0 Å². The molecule has 0 unspecified atom stereocenters. The normalized spacial score (nSPS) is 21.8. The van der Waals surface area contributed by atoms with E-state index in [-0.39, 0.29) is 0 Å². The van der Waals surface area contributed by atoms with Crippen LogP contribution in [0.3, 0.4) is 0 Å². The fraction of sp³-hybridized carbons (Fsp3) is 0.889. The average molecular weight is 171 g/mol. The molecule has 0 aliphatic heterocycles. The van der Waals surface area contributed by atoms with E-state index >= 15 is 0 Å². The van der Waals surface area contributed by atoms with Crippen LogP contribution < -0.4 is 0 Å². The monoisotopic (exact) mass is 171 g/mol. The zero-order chi connectivity index (χ0) is 9.03. The highest BCUT2D eigenvalue weighted by molar-refractivity contribution is 5.79. The van der Waals surface area contributed by atoms with Crippen molar-refractivity contribution < 1.29 is 14.6 Å². The van der Waals surface area contributed by atoms with Crippen molar-refractivity contribution in [3.8, 4) is 0 Å². The van der Waals surface area contributed by atoms with Gasteiger partial charge in [0.25, 0.3) is 0 Å². The molecule has 0 bridgehead atoms. The molecule has 69 valence electrons. The van der Waals surface area contributed by atoms with Gasteiger partial charge < -0.3 is 4.74 Å². The van der Waals surface area contributed by atoms with Crippen LogP contribution >= 0.6 is 0 Å². The van der Waals surface area contributed by atoms with Crippen LogP contribution in [0.5, 0.6) is 0 Å². The Balaban J connectivity index is 2.50. The lowest BCUT2D eigenvalue weighted by Gasteiger charge is -2.26. The molecule has 1 aliphatic rings. The van der Waals surface area contributed by atoms with Gasteiger partial charge in [0, 0.05) is 0 Å². The third kappa shape index (κ3) is 1.97. The Kier molecular flexibility index (Phi) is 3.09. The third-order valence-electron chi connectivity index (χ3n) is 2.31. The van der Waals surface area contributed by atoms with Crippen molar-refractivity contribution in [3.63, 3.8) is 0 Å². The lowest BCUT2D eigenvalue weighted by molar-refractivity contribution is -0.177. The molecule has 0 aromatic heterocycles. The molecule has 0 amide bonds. The molecule has 1 saturated carbocycles. The van der Waals surface area contributed by atoms with Crippen LogP contribution in [0.1, 0.15) is 39.0 Å². The number of carbonyl (C=O) groups excluding carboxylic acids is 1. The Morgan fingerprint density at radius 2 is 1.92 bits per heavy atom. The second-order valence-corrected chi connectivity index (χ2v) is 3.28. The van der Waals surface area contributed by atoms with E-state index in [2.05, 4.69) is 0 Å². The molecule has 0 N–H and O–H groups in total.